The summed E-state index contributed by atoms with van der Waals surface area (Å²) in [4.78, 5) is 3.81. The average molecular weight is 310 g/mol. The third kappa shape index (κ3) is 3.88. The largest absolute Gasteiger partial charge is 0.339 e. The number of halogens is 1. The smallest absolute Gasteiger partial charge is 0.259 e. The van der Waals surface area contributed by atoms with Gasteiger partial charge in [-0.2, -0.15) is 0 Å². The molecule has 1 aromatic rings. The van der Waals surface area contributed by atoms with Gasteiger partial charge in [-0.1, -0.05) is 22.9 Å². The van der Waals surface area contributed by atoms with Gasteiger partial charge in [-0.15, -0.1) is 0 Å². The van der Waals surface area contributed by atoms with Crippen LogP contribution in [0.3, 0.4) is 0 Å². The van der Waals surface area contributed by atoms with Crippen LogP contribution in [-0.4, -0.2) is 29.8 Å². The summed E-state index contributed by atoms with van der Waals surface area (Å²) in [6.45, 7) is 2.44. The Morgan fingerprint density at radius 1 is 1.62 bits per heavy atom. The fraction of sp³-hybridized carbons (Fsp3) is 0.667. The highest BCUT2D eigenvalue weighted by molar-refractivity contribution is 9.09. The first-order chi connectivity index (χ1) is 7.45. The van der Waals surface area contributed by atoms with Gasteiger partial charge in [0.25, 0.3) is 10.0 Å². The maximum absolute atomic E-state index is 11.8. The molecule has 1 heterocycles. The maximum atomic E-state index is 11.8. The van der Waals surface area contributed by atoms with Crippen LogP contribution in [0.5, 0.6) is 0 Å². The van der Waals surface area contributed by atoms with Gasteiger partial charge >= 0.3 is 0 Å². The van der Waals surface area contributed by atoms with E-state index >= 15 is 0 Å². The van der Waals surface area contributed by atoms with Crippen molar-refractivity contribution in [3.05, 3.63) is 12.5 Å². The molecule has 0 aliphatic rings. The maximum Gasteiger partial charge on any atom is 0.259 e. The van der Waals surface area contributed by atoms with Crippen molar-refractivity contribution in [3.63, 3.8) is 0 Å². The summed E-state index contributed by atoms with van der Waals surface area (Å²) < 4.78 is 27.7. The van der Waals surface area contributed by atoms with E-state index in [2.05, 4.69) is 25.6 Å². The number of aromatic nitrogens is 2. The van der Waals surface area contributed by atoms with Gasteiger partial charge in [-0.25, -0.2) is 18.1 Å². The molecule has 92 valence electrons. The lowest BCUT2D eigenvalue weighted by molar-refractivity contribution is 0.530. The Morgan fingerprint density at radius 3 is 2.81 bits per heavy atom. The topological polar surface area (TPSA) is 64.0 Å². The first-order valence-corrected chi connectivity index (χ1v) is 7.59. The summed E-state index contributed by atoms with van der Waals surface area (Å²) in [7, 11) is -1.71. The summed E-state index contributed by atoms with van der Waals surface area (Å²) in [6, 6.07) is 0. The molecule has 0 saturated carbocycles. The molecule has 0 aliphatic heterocycles. The van der Waals surface area contributed by atoms with Crippen molar-refractivity contribution in [2.24, 2.45) is 13.0 Å². The van der Waals surface area contributed by atoms with Crippen molar-refractivity contribution >= 4 is 26.0 Å². The van der Waals surface area contributed by atoms with Gasteiger partial charge in [-0.3, -0.25) is 0 Å². The lowest BCUT2D eigenvalue weighted by atomic mass is 10.1. The molecule has 0 fully saturated rings. The van der Waals surface area contributed by atoms with Gasteiger partial charge in [0.1, 0.15) is 0 Å². The number of hydrogen-bond acceptors (Lipinski definition) is 3. The molecule has 1 aromatic heterocycles. The van der Waals surface area contributed by atoms with Gasteiger partial charge in [-0.05, 0) is 12.3 Å². The summed E-state index contributed by atoms with van der Waals surface area (Å²) in [5, 5.41) is 0.945. The molecule has 0 radical (unpaired) electrons. The lowest BCUT2D eigenvalue weighted by Crippen LogP contribution is -2.28. The van der Waals surface area contributed by atoms with Crippen LogP contribution < -0.4 is 4.72 Å². The van der Waals surface area contributed by atoms with Crippen molar-refractivity contribution in [1.82, 2.24) is 14.3 Å². The van der Waals surface area contributed by atoms with E-state index in [0.717, 1.165) is 11.8 Å². The van der Waals surface area contributed by atoms with E-state index in [9.17, 15) is 8.42 Å². The fourth-order valence-electron chi connectivity index (χ4n) is 1.14. The van der Waals surface area contributed by atoms with E-state index in [1.807, 2.05) is 6.92 Å². The van der Waals surface area contributed by atoms with Crippen LogP contribution in [0.15, 0.2) is 17.6 Å². The highest BCUT2D eigenvalue weighted by Crippen LogP contribution is 2.07. The number of nitrogens with zero attached hydrogens (tertiary/aromatic N) is 2. The Labute approximate surface area is 104 Å². The zero-order chi connectivity index (χ0) is 12.2. The SMILES string of the molecule is CC(CCBr)CNS(=O)(=O)c1cn(C)cn1. The minimum atomic E-state index is -3.45. The predicted octanol–water partition coefficient (Wildman–Crippen LogP) is 1.12. The van der Waals surface area contributed by atoms with Crippen LogP contribution in [0.25, 0.3) is 0 Å². The predicted molar refractivity (Wildman–Crippen MR) is 66.0 cm³/mol. The Morgan fingerprint density at radius 2 is 2.31 bits per heavy atom. The zero-order valence-corrected chi connectivity index (χ0v) is 11.8. The van der Waals surface area contributed by atoms with Gasteiger partial charge in [0.15, 0.2) is 5.03 Å². The van der Waals surface area contributed by atoms with Gasteiger partial charge in [0.2, 0.25) is 0 Å². The molecule has 7 heteroatoms. The Kier molecular flexibility index (Phi) is 4.94. The van der Waals surface area contributed by atoms with Gasteiger partial charge < -0.3 is 4.57 Å². The lowest BCUT2D eigenvalue weighted by Gasteiger charge is -2.10. The number of aryl methyl sites for hydroxylation is 1. The van der Waals surface area contributed by atoms with Crippen molar-refractivity contribution in [3.8, 4) is 0 Å². The molecule has 1 N–H and O–H groups in total. The Hall–Kier alpha value is -0.400. The summed E-state index contributed by atoms with van der Waals surface area (Å²) >= 11 is 3.33. The number of sulfonamides is 1. The van der Waals surface area contributed by atoms with E-state index in [-0.39, 0.29) is 5.03 Å². The van der Waals surface area contributed by atoms with Crippen LogP contribution in [0.2, 0.25) is 0 Å². The molecular weight excluding hydrogens is 294 g/mol. The molecule has 0 aromatic carbocycles. The highest BCUT2D eigenvalue weighted by atomic mass is 79.9. The number of hydrogen-bond donors (Lipinski definition) is 1. The van der Waals surface area contributed by atoms with Crippen molar-refractivity contribution in [1.29, 1.82) is 0 Å². The molecule has 1 unspecified atom stereocenters. The highest BCUT2D eigenvalue weighted by Gasteiger charge is 2.17. The minimum absolute atomic E-state index is 0.0704. The number of imidazole rings is 1. The normalized spacial score (nSPS) is 13.9. The van der Waals surface area contributed by atoms with Crippen molar-refractivity contribution in [2.45, 2.75) is 18.4 Å². The summed E-state index contributed by atoms with van der Waals surface area (Å²) in [5.41, 5.74) is 0. The fourth-order valence-corrected chi connectivity index (χ4v) is 3.07. The Balaban J connectivity index is 2.59. The molecule has 1 rings (SSSR count). The third-order valence-corrected chi connectivity index (χ3v) is 3.95. The molecule has 0 amide bonds. The Bertz CT molecular complexity index is 430. The minimum Gasteiger partial charge on any atom is -0.339 e. The first-order valence-electron chi connectivity index (χ1n) is 4.99. The van der Waals surface area contributed by atoms with Gasteiger partial charge in [0, 0.05) is 25.1 Å². The molecule has 0 bridgehead atoms. The zero-order valence-electron chi connectivity index (χ0n) is 9.35. The number of nitrogens with one attached hydrogen (secondary N) is 1. The second-order valence-electron chi connectivity index (χ2n) is 3.81. The van der Waals surface area contributed by atoms with Gasteiger partial charge in [0.05, 0.1) is 6.33 Å². The van der Waals surface area contributed by atoms with Crippen LogP contribution in [0, 0.1) is 5.92 Å². The second-order valence-corrected chi connectivity index (χ2v) is 6.32. The van der Waals surface area contributed by atoms with E-state index in [0.29, 0.717) is 12.5 Å². The molecule has 5 nitrogen and oxygen atoms in total. The second kappa shape index (κ2) is 5.79. The van der Waals surface area contributed by atoms with Crippen molar-refractivity contribution in [2.75, 3.05) is 11.9 Å². The van der Waals surface area contributed by atoms with E-state index in [1.54, 1.807) is 11.6 Å². The van der Waals surface area contributed by atoms with E-state index in [4.69, 9.17) is 0 Å². The molecule has 16 heavy (non-hydrogen) atoms. The van der Waals surface area contributed by atoms with Crippen molar-refractivity contribution < 1.29 is 8.42 Å². The van der Waals surface area contributed by atoms with Crippen LogP contribution in [-0.2, 0) is 17.1 Å². The standard InChI is InChI=1S/C9H16BrN3O2S/c1-8(3-4-10)5-12-16(14,15)9-6-13(2)7-11-9/h6-8,12H,3-5H2,1-2H3. The van der Waals surface area contributed by atoms with Crippen LogP contribution in [0.1, 0.15) is 13.3 Å². The number of alkyl halides is 1. The van der Waals surface area contributed by atoms with E-state index < -0.39 is 10.0 Å². The van der Waals surface area contributed by atoms with Crippen LogP contribution >= 0.6 is 15.9 Å². The van der Waals surface area contributed by atoms with Crippen LogP contribution in [0.4, 0.5) is 0 Å². The molecule has 1 atom stereocenters. The quantitative estimate of drug-likeness (QED) is 0.801. The monoisotopic (exact) mass is 309 g/mol. The molecule has 0 aliphatic carbocycles. The molecule has 0 saturated heterocycles. The first kappa shape index (κ1) is 13.7. The third-order valence-electron chi connectivity index (χ3n) is 2.18. The average Bonchev–Trinajstić information content (AvgIpc) is 2.63. The molecular formula is C9H16BrN3O2S. The summed E-state index contributed by atoms with van der Waals surface area (Å²) in [6.07, 6.45) is 3.89. The number of rotatable bonds is 6. The van der Waals surface area contributed by atoms with E-state index in [1.165, 1.54) is 12.5 Å². The molecule has 0 spiro atoms. The summed E-state index contributed by atoms with van der Waals surface area (Å²) in [5.74, 6) is 0.304.